The smallest absolute Gasteiger partial charge is 0.255 e. The number of allylic oxidation sites excluding steroid dienone is 2. The highest BCUT2D eigenvalue weighted by molar-refractivity contribution is 6.23. The van der Waals surface area contributed by atoms with Crippen LogP contribution < -0.4 is 10.2 Å². The van der Waals surface area contributed by atoms with Crippen molar-refractivity contribution in [3.05, 3.63) is 72.6 Å². The van der Waals surface area contributed by atoms with E-state index in [1.807, 2.05) is 0 Å². The SMILES string of the molecule is O=C(Nc1ccc2nccnc2c1)c1ccc(N2C(=O)C3C4C=CC(C4)C3C2=O)cc1. The highest BCUT2D eigenvalue weighted by atomic mass is 16.2. The molecule has 2 fully saturated rings. The van der Waals surface area contributed by atoms with Crippen LogP contribution in [0.4, 0.5) is 11.4 Å². The molecule has 0 spiro atoms. The van der Waals surface area contributed by atoms with Gasteiger partial charge < -0.3 is 5.32 Å². The second-order valence-electron chi connectivity index (χ2n) is 8.27. The molecule has 6 rings (SSSR count). The van der Waals surface area contributed by atoms with Gasteiger partial charge in [0.2, 0.25) is 11.8 Å². The molecule has 2 heterocycles. The summed E-state index contributed by atoms with van der Waals surface area (Å²) in [5.41, 5.74) is 3.00. The summed E-state index contributed by atoms with van der Waals surface area (Å²) >= 11 is 0. The van der Waals surface area contributed by atoms with Crippen LogP contribution >= 0.6 is 0 Å². The quantitative estimate of drug-likeness (QED) is 0.529. The molecular formula is C24H18N4O3. The molecule has 3 amide bonds. The zero-order chi connectivity index (χ0) is 21.1. The van der Waals surface area contributed by atoms with Gasteiger partial charge in [0.05, 0.1) is 28.6 Å². The number of benzene rings is 2. The maximum absolute atomic E-state index is 12.9. The Hall–Kier alpha value is -3.87. The zero-order valence-corrected chi connectivity index (χ0v) is 16.4. The molecule has 2 aromatic carbocycles. The molecule has 1 aliphatic heterocycles. The first kappa shape index (κ1) is 17.9. The Bertz CT molecular complexity index is 1250. The maximum Gasteiger partial charge on any atom is 0.255 e. The van der Waals surface area contributed by atoms with Gasteiger partial charge in [-0.2, -0.15) is 0 Å². The summed E-state index contributed by atoms with van der Waals surface area (Å²) < 4.78 is 0. The Balaban J connectivity index is 1.21. The molecule has 3 aromatic rings. The average molecular weight is 410 g/mol. The summed E-state index contributed by atoms with van der Waals surface area (Å²) in [5, 5.41) is 2.85. The Morgan fingerprint density at radius 3 is 2.19 bits per heavy atom. The summed E-state index contributed by atoms with van der Waals surface area (Å²) in [4.78, 5) is 48.3. The lowest BCUT2D eigenvalue weighted by molar-refractivity contribution is -0.123. The molecule has 3 aliphatic rings. The Morgan fingerprint density at radius 1 is 0.871 bits per heavy atom. The van der Waals surface area contributed by atoms with E-state index in [-0.39, 0.29) is 41.4 Å². The maximum atomic E-state index is 12.9. The third-order valence-electron chi connectivity index (χ3n) is 6.59. The fourth-order valence-corrected chi connectivity index (χ4v) is 5.16. The highest BCUT2D eigenvalue weighted by Crippen LogP contribution is 2.53. The molecule has 1 N–H and O–H groups in total. The number of rotatable bonds is 3. The standard InChI is InChI=1S/C24H18N4O3/c29-22(27-16-5-8-18-19(12-16)26-10-9-25-18)13-3-6-17(7-4-13)28-23(30)20-14-1-2-15(11-14)21(20)24(28)31/h1-10,12,14-15,20-21H,11H2,(H,27,29). The lowest BCUT2D eigenvalue weighted by Crippen LogP contribution is -2.32. The van der Waals surface area contributed by atoms with Crippen molar-refractivity contribution < 1.29 is 14.4 Å². The van der Waals surface area contributed by atoms with E-state index in [0.717, 1.165) is 11.9 Å². The van der Waals surface area contributed by atoms with E-state index in [4.69, 9.17) is 0 Å². The third-order valence-corrected chi connectivity index (χ3v) is 6.59. The molecule has 1 aromatic heterocycles. The molecule has 2 bridgehead atoms. The van der Waals surface area contributed by atoms with Crippen LogP contribution in [-0.2, 0) is 9.59 Å². The van der Waals surface area contributed by atoms with Gasteiger partial charge in [-0.1, -0.05) is 12.2 Å². The van der Waals surface area contributed by atoms with Gasteiger partial charge in [0, 0.05) is 23.6 Å². The summed E-state index contributed by atoms with van der Waals surface area (Å²) in [6.07, 6.45) is 8.27. The fraction of sp³-hybridized carbons (Fsp3) is 0.208. The molecule has 1 saturated carbocycles. The van der Waals surface area contributed by atoms with Crippen LogP contribution in [0.15, 0.2) is 67.0 Å². The van der Waals surface area contributed by atoms with E-state index in [1.54, 1.807) is 54.9 Å². The van der Waals surface area contributed by atoms with E-state index in [0.29, 0.717) is 22.5 Å². The van der Waals surface area contributed by atoms with Gasteiger partial charge >= 0.3 is 0 Å². The Labute approximate surface area is 177 Å². The predicted molar refractivity (Wildman–Crippen MR) is 114 cm³/mol. The number of imide groups is 1. The largest absolute Gasteiger partial charge is 0.322 e. The Kier molecular flexibility index (Phi) is 3.80. The zero-order valence-electron chi connectivity index (χ0n) is 16.4. The first-order chi connectivity index (χ1) is 15.1. The van der Waals surface area contributed by atoms with Crippen molar-refractivity contribution in [2.24, 2.45) is 23.7 Å². The molecule has 0 radical (unpaired) electrons. The van der Waals surface area contributed by atoms with Gasteiger partial charge in [0.15, 0.2) is 0 Å². The number of nitrogens with zero attached hydrogens (tertiary/aromatic N) is 3. The number of aromatic nitrogens is 2. The molecule has 4 atom stereocenters. The van der Waals surface area contributed by atoms with Gasteiger partial charge in [-0.3, -0.25) is 29.3 Å². The summed E-state index contributed by atoms with van der Waals surface area (Å²) in [7, 11) is 0. The highest BCUT2D eigenvalue weighted by Gasteiger charge is 2.59. The van der Waals surface area contributed by atoms with Crippen LogP contribution in [0.2, 0.25) is 0 Å². The lowest BCUT2D eigenvalue weighted by atomic mass is 9.85. The van der Waals surface area contributed by atoms with Crippen LogP contribution in [0.3, 0.4) is 0 Å². The van der Waals surface area contributed by atoms with Gasteiger partial charge in [0.25, 0.3) is 5.91 Å². The molecule has 7 nitrogen and oxygen atoms in total. The lowest BCUT2D eigenvalue weighted by Gasteiger charge is -2.17. The monoisotopic (exact) mass is 410 g/mol. The molecule has 1 saturated heterocycles. The molecular weight excluding hydrogens is 392 g/mol. The third kappa shape index (κ3) is 2.70. The predicted octanol–water partition coefficient (Wildman–Crippen LogP) is 3.19. The van der Waals surface area contributed by atoms with Gasteiger partial charge in [-0.05, 0) is 60.7 Å². The summed E-state index contributed by atoms with van der Waals surface area (Å²) in [6, 6.07) is 11.9. The van der Waals surface area contributed by atoms with E-state index >= 15 is 0 Å². The fourth-order valence-electron chi connectivity index (χ4n) is 5.16. The van der Waals surface area contributed by atoms with Crippen LogP contribution in [0, 0.1) is 23.7 Å². The number of hydrogen-bond donors (Lipinski definition) is 1. The van der Waals surface area contributed by atoms with Gasteiger partial charge in [0.1, 0.15) is 0 Å². The minimum Gasteiger partial charge on any atom is -0.322 e. The van der Waals surface area contributed by atoms with E-state index < -0.39 is 0 Å². The van der Waals surface area contributed by atoms with Crippen LogP contribution in [0.25, 0.3) is 11.0 Å². The van der Waals surface area contributed by atoms with Crippen LogP contribution in [0.5, 0.6) is 0 Å². The number of fused-ring (bicyclic) bond motifs is 6. The summed E-state index contributed by atoms with van der Waals surface area (Å²) in [6.45, 7) is 0. The number of nitrogens with one attached hydrogen (secondary N) is 1. The molecule has 152 valence electrons. The first-order valence-corrected chi connectivity index (χ1v) is 10.3. The van der Waals surface area contributed by atoms with E-state index in [1.165, 1.54) is 4.90 Å². The normalized spacial score (nSPS) is 26.0. The van der Waals surface area contributed by atoms with Gasteiger partial charge in [-0.15, -0.1) is 0 Å². The van der Waals surface area contributed by atoms with Crippen molar-refractivity contribution in [2.45, 2.75) is 6.42 Å². The van der Waals surface area contributed by atoms with Crippen molar-refractivity contribution in [3.8, 4) is 0 Å². The summed E-state index contributed by atoms with van der Waals surface area (Å²) in [5.74, 6) is -0.653. The minimum absolute atomic E-state index is 0.124. The van der Waals surface area contributed by atoms with Crippen molar-refractivity contribution in [1.82, 2.24) is 9.97 Å². The topological polar surface area (TPSA) is 92.3 Å². The first-order valence-electron chi connectivity index (χ1n) is 10.3. The van der Waals surface area contributed by atoms with Crippen LogP contribution in [-0.4, -0.2) is 27.7 Å². The minimum atomic E-state index is -0.284. The van der Waals surface area contributed by atoms with E-state index in [2.05, 4.69) is 27.4 Å². The number of hydrogen-bond acceptors (Lipinski definition) is 5. The second kappa shape index (κ2) is 6.57. The number of carbonyl (C=O) groups is 3. The van der Waals surface area contributed by atoms with Crippen molar-refractivity contribution >= 4 is 40.1 Å². The number of carbonyl (C=O) groups excluding carboxylic acids is 3. The van der Waals surface area contributed by atoms with Crippen molar-refractivity contribution in [1.29, 1.82) is 0 Å². The van der Waals surface area contributed by atoms with Gasteiger partial charge in [-0.25, -0.2) is 0 Å². The molecule has 7 heteroatoms. The number of amides is 3. The van der Waals surface area contributed by atoms with E-state index in [9.17, 15) is 14.4 Å². The van der Waals surface area contributed by atoms with Crippen LogP contribution in [0.1, 0.15) is 16.8 Å². The molecule has 2 aliphatic carbocycles. The Morgan fingerprint density at radius 2 is 1.52 bits per heavy atom. The van der Waals surface area contributed by atoms with Crippen molar-refractivity contribution in [3.63, 3.8) is 0 Å². The molecule has 4 unspecified atom stereocenters. The number of anilines is 2. The average Bonchev–Trinajstić information content (AvgIpc) is 3.47. The second-order valence-corrected chi connectivity index (χ2v) is 8.27. The van der Waals surface area contributed by atoms with Crippen molar-refractivity contribution in [2.75, 3.05) is 10.2 Å². The molecule has 31 heavy (non-hydrogen) atoms.